The molecule has 7 heteroatoms. The molecule has 0 spiro atoms. The van der Waals surface area contributed by atoms with E-state index in [4.69, 9.17) is 16.7 Å². The maximum absolute atomic E-state index is 12.0. The topological polar surface area (TPSA) is 66.4 Å². The molecule has 2 rings (SSSR count). The highest BCUT2D eigenvalue weighted by Crippen LogP contribution is 2.30. The van der Waals surface area contributed by atoms with E-state index in [0.717, 1.165) is 22.5 Å². The summed E-state index contributed by atoms with van der Waals surface area (Å²) in [5, 5.41) is 9.14. The summed E-state index contributed by atoms with van der Waals surface area (Å²) in [6, 6.07) is 7.88. The number of nitrogens with one attached hydrogen (secondary N) is 1. The first kappa shape index (κ1) is 14.3. The first-order chi connectivity index (χ1) is 8.88. The van der Waals surface area contributed by atoms with Crippen molar-refractivity contribution in [3.8, 4) is 5.75 Å². The van der Waals surface area contributed by atoms with Crippen LogP contribution in [0, 0.1) is 6.92 Å². The van der Waals surface area contributed by atoms with Crippen LogP contribution in [0.4, 0.5) is 0 Å². The van der Waals surface area contributed by atoms with Gasteiger partial charge in [0.25, 0.3) is 0 Å². The monoisotopic (exact) mass is 317 g/mol. The predicted octanol–water partition coefficient (Wildman–Crippen LogP) is 2.89. The minimum absolute atomic E-state index is 0.146. The van der Waals surface area contributed by atoms with E-state index in [1.807, 2.05) is 0 Å². The van der Waals surface area contributed by atoms with Crippen molar-refractivity contribution >= 4 is 33.0 Å². The second-order valence-corrected chi connectivity index (χ2v) is 7.66. The van der Waals surface area contributed by atoms with Crippen LogP contribution in [-0.2, 0) is 16.6 Å². The highest BCUT2D eigenvalue weighted by molar-refractivity contribution is 7.91. The van der Waals surface area contributed by atoms with Gasteiger partial charge in [-0.2, -0.15) is 0 Å². The minimum atomic E-state index is -3.55. The molecule has 0 aliphatic heterocycles. The van der Waals surface area contributed by atoms with Gasteiger partial charge in [-0.25, -0.2) is 13.1 Å². The molecule has 19 heavy (non-hydrogen) atoms. The third-order valence-corrected chi connectivity index (χ3v) is 5.93. The molecule has 0 radical (unpaired) electrons. The Kier molecular flexibility index (Phi) is 4.15. The van der Waals surface area contributed by atoms with Crippen molar-refractivity contribution in [2.45, 2.75) is 17.7 Å². The fourth-order valence-corrected chi connectivity index (χ4v) is 4.20. The lowest BCUT2D eigenvalue weighted by Gasteiger charge is -2.04. The number of rotatable bonds is 4. The number of sulfonamides is 1. The third kappa shape index (κ3) is 3.48. The average molecular weight is 318 g/mol. The molecule has 0 saturated carbocycles. The second kappa shape index (κ2) is 5.50. The van der Waals surface area contributed by atoms with Crippen LogP contribution in [0.2, 0.25) is 4.34 Å². The quantitative estimate of drug-likeness (QED) is 0.911. The first-order valence-corrected chi connectivity index (χ1v) is 8.10. The molecule has 102 valence electrons. The minimum Gasteiger partial charge on any atom is -0.508 e. The molecule has 0 aliphatic carbocycles. The van der Waals surface area contributed by atoms with Crippen molar-refractivity contribution in [1.82, 2.24) is 4.72 Å². The molecule has 4 nitrogen and oxygen atoms in total. The van der Waals surface area contributed by atoms with Crippen molar-refractivity contribution in [3.05, 3.63) is 45.8 Å². The lowest BCUT2D eigenvalue weighted by atomic mass is 10.2. The van der Waals surface area contributed by atoms with Gasteiger partial charge in [0.15, 0.2) is 0 Å². The zero-order chi connectivity index (χ0) is 14.0. The summed E-state index contributed by atoms with van der Waals surface area (Å²) in [6.07, 6.45) is 0. The van der Waals surface area contributed by atoms with Crippen molar-refractivity contribution in [1.29, 1.82) is 0 Å². The van der Waals surface area contributed by atoms with Gasteiger partial charge in [0.05, 0.1) is 4.34 Å². The Labute approximate surface area is 120 Å². The Morgan fingerprint density at radius 2 is 1.95 bits per heavy atom. The highest BCUT2D eigenvalue weighted by atomic mass is 35.5. The average Bonchev–Trinajstić information content (AvgIpc) is 2.70. The number of halogens is 1. The Hall–Kier alpha value is -1.08. The van der Waals surface area contributed by atoms with Gasteiger partial charge in [0, 0.05) is 6.54 Å². The van der Waals surface area contributed by atoms with Crippen molar-refractivity contribution in [3.63, 3.8) is 0 Å². The summed E-state index contributed by atoms with van der Waals surface area (Å²) in [5.74, 6) is 0.146. The lowest BCUT2D eigenvalue weighted by molar-refractivity contribution is 0.475. The Bertz CT molecular complexity index is 658. The van der Waals surface area contributed by atoms with Crippen molar-refractivity contribution in [2.75, 3.05) is 0 Å². The number of thiophene rings is 1. The summed E-state index contributed by atoms with van der Waals surface area (Å²) in [6.45, 7) is 1.93. The number of aromatic hydroxyl groups is 1. The van der Waals surface area contributed by atoms with E-state index in [0.29, 0.717) is 4.34 Å². The van der Waals surface area contributed by atoms with Gasteiger partial charge >= 0.3 is 0 Å². The molecule has 0 saturated heterocycles. The SMILES string of the molecule is Cc1cc(S(=O)(=O)NCc2ccc(O)cc2)sc1Cl. The summed E-state index contributed by atoms with van der Waals surface area (Å²) in [5.41, 5.74) is 1.51. The molecular formula is C12H12ClNO3S2. The largest absolute Gasteiger partial charge is 0.508 e. The van der Waals surface area contributed by atoms with Gasteiger partial charge in [-0.15, -0.1) is 11.3 Å². The molecule has 1 heterocycles. The van der Waals surface area contributed by atoms with Crippen molar-refractivity contribution in [2.24, 2.45) is 0 Å². The molecule has 0 unspecified atom stereocenters. The molecule has 2 aromatic rings. The lowest BCUT2D eigenvalue weighted by Crippen LogP contribution is -2.22. The molecule has 0 aliphatic rings. The number of aryl methyl sites for hydroxylation is 1. The van der Waals surface area contributed by atoms with Gasteiger partial charge in [-0.05, 0) is 36.2 Å². The van der Waals surface area contributed by atoms with Crippen LogP contribution >= 0.6 is 22.9 Å². The Morgan fingerprint density at radius 1 is 1.32 bits per heavy atom. The molecule has 0 fully saturated rings. The van der Waals surface area contributed by atoms with E-state index in [9.17, 15) is 8.42 Å². The van der Waals surface area contributed by atoms with Gasteiger partial charge in [-0.3, -0.25) is 0 Å². The fourth-order valence-electron chi connectivity index (χ4n) is 1.43. The van der Waals surface area contributed by atoms with Gasteiger partial charge < -0.3 is 5.11 Å². The summed E-state index contributed by atoms with van der Waals surface area (Å²) in [7, 11) is -3.55. The summed E-state index contributed by atoms with van der Waals surface area (Å²) < 4.78 is 27.2. The van der Waals surface area contributed by atoms with Crippen LogP contribution in [0.25, 0.3) is 0 Å². The Morgan fingerprint density at radius 3 is 2.47 bits per heavy atom. The van der Waals surface area contributed by atoms with Crippen LogP contribution in [-0.4, -0.2) is 13.5 Å². The first-order valence-electron chi connectivity index (χ1n) is 5.42. The van der Waals surface area contributed by atoms with E-state index in [1.54, 1.807) is 25.1 Å². The van der Waals surface area contributed by atoms with Gasteiger partial charge in [0.1, 0.15) is 9.96 Å². The van der Waals surface area contributed by atoms with Crippen LogP contribution in [0.3, 0.4) is 0 Å². The third-order valence-electron chi connectivity index (χ3n) is 2.50. The van der Waals surface area contributed by atoms with Crippen LogP contribution < -0.4 is 4.72 Å². The number of benzene rings is 1. The second-order valence-electron chi connectivity index (χ2n) is 4.01. The summed E-state index contributed by atoms with van der Waals surface area (Å²) >= 11 is 6.90. The molecule has 0 atom stereocenters. The van der Waals surface area contributed by atoms with Gasteiger partial charge in [-0.1, -0.05) is 23.7 Å². The molecule has 1 aromatic carbocycles. The predicted molar refractivity (Wildman–Crippen MR) is 76.2 cm³/mol. The highest BCUT2D eigenvalue weighted by Gasteiger charge is 2.17. The standard InChI is InChI=1S/C12H12ClNO3S2/c1-8-6-11(18-12(8)13)19(16,17)14-7-9-2-4-10(15)5-3-9/h2-6,14-15H,7H2,1H3. The fraction of sp³-hybridized carbons (Fsp3) is 0.167. The zero-order valence-corrected chi connectivity index (χ0v) is 12.4. The van der Waals surface area contributed by atoms with Gasteiger partial charge in [0.2, 0.25) is 10.0 Å². The number of phenolic OH excluding ortho intramolecular Hbond substituents is 1. The van der Waals surface area contributed by atoms with Crippen LogP contribution in [0.1, 0.15) is 11.1 Å². The molecule has 2 N–H and O–H groups in total. The maximum Gasteiger partial charge on any atom is 0.250 e. The molecule has 0 amide bonds. The van der Waals surface area contributed by atoms with E-state index in [-0.39, 0.29) is 16.5 Å². The maximum atomic E-state index is 12.0. The normalized spacial score (nSPS) is 11.7. The van der Waals surface area contributed by atoms with E-state index in [1.165, 1.54) is 12.1 Å². The van der Waals surface area contributed by atoms with E-state index < -0.39 is 10.0 Å². The molecule has 0 bridgehead atoms. The molecular weight excluding hydrogens is 306 g/mol. The van der Waals surface area contributed by atoms with E-state index in [2.05, 4.69) is 4.72 Å². The number of phenols is 1. The van der Waals surface area contributed by atoms with Crippen LogP contribution in [0.5, 0.6) is 5.75 Å². The van der Waals surface area contributed by atoms with Crippen molar-refractivity contribution < 1.29 is 13.5 Å². The molecule has 1 aromatic heterocycles. The Balaban J connectivity index is 2.11. The van der Waals surface area contributed by atoms with Crippen LogP contribution in [0.15, 0.2) is 34.5 Å². The summed E-state index contributed by atoms with van der Waals surface area (Å²) in [4.78, 5) is 0. The zero-order valence-electron chi connectivity index (χ0n) is 10.1. The van der Waals surface area contributed by atoms with E-state index >= 15 is 0 Å². The number of hydrogen-bond acceptors (Lipinski definition) is 4. The number of hydrogen-bond donors (Lipinski definition) is 2. The smallest absolute Gasteiger partial charge is 0.250 e.